The summed E-state index contributed by atoms with van der Waals surface area (Å²) in [6, 6.07) is 6.28. The molecule has 0 aromatic heterocycles. The van der Waals surface area contributed by atoms with E-state index in [4.69, 9.17) is 9.47 Å². The minimum absolute atomic E-state index is 0.0475. The van der Waals surface area contributed by atoms with Crippen LogP contribution in [0.1, 0.15) is 38.5 Å². The molecule has 0 radical (unpaired) electrons. The fourth-order valence-corrected chi connectivity index (χ4v) is 5.36. The molecule has 0 N–H and O–H groups in total. The number of rotatable bonds is 5. The number of ether oxygens (including phenoxy) is 2. The van der Waals surface area contributed by atoms with E-state index >= 15 is 0 Å². The van der Waals surface area contributed by atoms with Crippen LogP contribution < -0.4 is 4.74 Å². The summed E-state index contributed by atoms with van der Waals surface area (Å²) < 4.78 is 24.3. The van der Waals surface area contributed by atoms with Crippen LogP contribution in [0.3, 0.4) is 0 Å². The molecule has 4 saturated carbocycles. The average molecular weight is 318 g/mol. The first-order valence-electron chi connectivity index (χ1n) is 8.69. The number of carbonyl (C=O) groups is 1. The lowest BCUT2D eigenvalue weighted by molar-refractivity contribution is -0.172. The Morgan fingerprint density at radius 1 is 1.04 bits per heavy atom. The molecule has 4 aliphatic rings. The van der Waals surface area contributed by atoms with Gasteiger partial charge in [-0.25, -0.2) is 4.39 Å². The molecule has 0 saturated heterocycles. The van der Waals surface area contributed by atoms with Crippen molar-refractivity contribution in [2.24, 2.45) is 23.2 Å². The molecule has 4 bridgehead atoms. The van der Waals surface area contributed by atoms with Crippen molar-refractivity contribution in [3.05, 3.63) is 30.1 Å². The second kappa shape index (κ2) is 5.81. The molecule has 4 aliphatic carbocycles. The van der Waals surface area contributed by atoms with Gasteiger partial charge in [-0.1, -0.05) is 12.1 Å². The maximum atomic E-state index is 13.4. The van der Waals surface area contributed by atoms with Crippen LogP contribution in [0.25, 0.3) is 0 Å². The normalized spacial score (nSPS) is 34.4. The summed E-state index contributed by atoms with van der Waals surface area (Å²) in [6.45, 7) is 0.383. The van der Waals surface area contributed by atoms with E-state index in [0.29, 0.717) is 0 Å². The van der Waals surface area contributed by atoms with Gasteiger partial charge in [-0.05, 0) is 68.4 Å². The van der Waals surface area contributed by atoms with Crippen molar-refractivity contribution >= 4 is 5.97 Å². The summed E-state index contributed by atoms with van der Waals surface area (Å²) in [5, 5.41) is 0. The van der Waals surface area contributed by atoms with Gasteiger partial charge < -0.3 is 9.47 Å². The zero-order valence-electron chi connectivity index (χ0n) is 13.3. The van der Waals surface area contributed by atoms with E-state index in [1.807, 2.05) is 0 Å². The topological polar surface area (TPSA) is 35.5 Å². The van der Waals surface area contributed by atoms with Crippen molar-refractivity contribution in [1.29, 1.82) is 0 Å². The Bertz CT molecular complexity index is 563. The SMILES string of the molecule is O=C(OCCOc1ccccc1F)C12CC3CC(CC(C3)C1)C2. The lowest BCUT2D eigenvalue weighted by atomic mass is 9.49. The summed E-state index contributed by atoms with van der Waals surface area (Å²) in [4.78, 5) is 12.6. The molecule has 0 spiro atoms. The minimum atomic E-state index is -0.389. The van der Waals surface area contributed by atoms with Gasteiger partial charge in [-0.2, -0.15) is 0 Å². The summed E-state index contributed by atoms with van der Waals surface area (Å²) >= 11 is 0. The van der Waals surface area contributed by atoms with E-state index in [2.05, 4.69) is 0 Å². The highest BCUT2D eigenvalue weighted by Gasteiger charge is 2.55. The molecule has 4 fully saturated rings. The van der Waals surface area contributed by atoms with Gasteiger partial charge in [0.1, 0.15) is 13.2 Å². The van der Waals surface area contributed by atoms with Crippen molar-refractivity contribution in [3.8, 4) is 5.75 Å². The van der Waals surface area contributed by atoms with Crippen LogP contribution in [0.15, 0.2) is 24.3 Å². The highest BCUT2D eigenvalue weighted by atomic mass is 19.1. The number of esters is 1. The Morgan fingerprint density at radius 2 is 1.65 bits per heavy atom. The summed E-state index contributed by atoms with van der Waals surface area (Å²) in [6.07, 6.45) is 6.94. The van der Waals surface area contributed by atoms with Gasteiger partial charge in [0, 0.05) is 0 Å². The summed E-state index contributed by atoms with van der Waals surface area (Å²) in [7, 11) is 0. The monoisotopic (exact) mass is 318 g/mol. The van der Waals surface area contributed by atoms with E-state index in [9.17, 15) is 9.18 Å². The predicted molar refractivity (Wildman–Crippen MR) is 83.5 cm³/mol. The molecule has 124 valence electrons. The zero-order chi connectivity index (χ0) is 15.9. The first-order valence-corrected chi connectivity index (χ1v) is 8.69. The van der Waals surface area contributed by atoms with Crippen molar-refractivity contribution < 1.29 is 18.7 Å². The largest absolute Gasteiger partial charge is 0.487 e. The molecular weight excluding hydrogens is 295 g/mol. The highest BCUT2D eigenvalue weighted by molar-refractivity contribution is 5.77. The van der Waals surface area contributed by atoms with Gasteiger partial charge in [0.2, 0.25) is 0 Å². The van der Waals surface area contributed by atoms with Crippen molar-refractivity contribution in [1.82, 2.24) is 0 Å². The Hall–Kier alpha value is -1.58. The van der Waals surface area contributed by atoms with Crippen LogP contribution in [0, 0.1) is 29.0 Å². The van der Waals surface area contributed by atoms with Crippen molar-refractivity contribution in [2.45, 2.75) is 38.5 Å². The number of carbonyl (C=O) groups excluding carboxylic acids is 1. The Balaban J connectivity index is 1.30. The molecule has 0 unspecified atom stereocenters. The van der Waals surface area contributed by atoms with E-state index < -0.39 is 0 Å². The molecule has 1 aromatic carbocycles. The summed E-state index contributed by atoms with van der Waals surface area (Å²) in [5.74, 6) is 1.95. The molecule has 23 heavy (non-hydrogen) atoms. The van der Waals surface area contributed by atoms with Crippen LogP contribution in [0.5, 0.6) is 5.75 Å². The predicted octanol–water partition coefficient (Wildman–Crippen LogP) is 3.96. The van der Waals surface area contributed by atoms with Gasteiger partial charge in [-0.15, -0.1) is 0 Å². The third kappa shape index (κ3) is 2.84. The molecular formula is C19H23FO3. The number of para-hydroxylation sites is 1. The number of benzene rings is 1. The molecule has 0 heterocycles. The molecule has 0 aliphatic heterocycles. The van der Waals surface area contributed by atoms with Gasteiger partial charge in [-0.3, -0.25) is 4.79 Å². The lowest BCUT2D eigenvalue weighted by Gasteiger charge is -2.55. The minimum Gasteiger partial charge on any atom is -0.487 e. The van der Waals surface area contributed by atoms with Crippen molar-refractivity contribution in [3.63, 3.8) is 0 Å². The van der Waals surface area contributed by atoms with Gasteiger partial charge in [0.05, 0.1) is 5.41 Å². The van der Waals surface area contributed by atoms with Gasteiger partial charge in [0.25, 0.3) is 0 Å². The van der Waals surface area contributed by atoms with Crippen LogP contribution in [0.4, 0.5) is 4.39 Å². The van der Waals surface area contributed by atoms with Crippen LogP contribution >= 0.6 is 0 Å². The number of hydrogen-bond acceptors (Lipinski definition) is 3. The van der Waals surface area contributed by atoms with Gasteiger partial charge in [0.15, 0.2) is 11.6 Å². The van der Waals surface area contributed by atoms with E-state index in [1.54, 1.807) is 18.2 Å². The number of hydrogen-bond donors (Lipinski definition) is 0. The smallest absolute Gasteiger partial charge is 0.312 e. The molecule has 4 heteroatoms. The Kier molecular flexibility index (Phi) is 3.78. The summed E-state index contributed by atoms with van der Waals surface area (Å²) in [5.41, 5.74) is -0.229. The lowest BCUT2D eigenvalue weighted by Crippen LogP contribution is -2.50. The van der Waals surface area contributed by atoms with Gasteiger partial charge >= 0.3 is 5.97 Å². The first kappa shape index (κ1) is 15.0. The first-order chi connectivity index (χ1) is 11.1. The maximum Gasteiger partial charge on any atom is 0.312 e. The van der Waals surface area contributed by atoms with Crippen LogP contribution in [-0.4, -0.2) is 19.2 Å². The average Bonchev–Trinajstić information content (AvgIpc) is 2.51. The van der Waals surface area contributed by atoms with E-state index in [1.165, 1.54) is 25.3 Å². The molecule has 5 rings (SSSR count). The van der Waals surface area contributed by atoms with E-state index in [0.717, 1.165) is 37.0 Å². The fourth-order valence-electron chi connectivity index (χ4n) is 5.36. The fraction of sp³-hybridized carbons (Fsp3) is 0.632. The maximum absolute atomic E-state index is 13.4. The molecule has 3 nitrogen and oxygen atoms in total. The second-order valence-electron chi connectivity index (χ2n) is 7.61. The molecule has 0 atom stereocenters. The van der Waals surface area contributed by atoms with Crippen LogP contribution in [0.2, 0.25) is 0 Å². The van der Waals surface area contributed by atoms with Crippen LogP contribution in [-0.2, 0) is 9.53 Å². The van der Waals surface area contributed by atoms with E-state index in [-0.39, 0.29) is 36.2 Å². The standard InChI is InChI=1S/C19H23FO3/c20-16-3-1-2-4-17(16)22-5-6-23-18(21)19-10-13-7-14(11-19)9-15(8-13)12-19/h1-4,13-15H,5-12H2. The zero-order valence-corrected chi connectivity index (χ0v) is 13.3. The third-order valence-corrected chi connectivity index (χ3v) is 5.88. The second-order valence-corrected chi connectivity index (χ2v) is 7.61. The quantitative estimate of drug-likeness (QED) is 0.609. The highest BCUT2D eigenvalue weighted by Crippen LogP contribution is 2.60. The number of halogens is 1. The third-order valence-electron chi connectivity index (χ3n) is 5.88. The van der Waals surface area contributed by atoms with Crippen molar-refractivity contribution in [2.75, 3.05) is 13.2 Å². The Labute approximate surface area is 136 Å². The molecule has 0 amide bonds. The molecule has 1 aromatic rings. The Morgan fingerprint density at radius 3 is 2.26 bits per heavy atom.